The number of aliphatic carboxylic acids is 1. The topological polar surface area (TPSA) is 40.5 Å². The number of piperidine rings is 1. The zero-order valence-corrected chi connectivity index (χ0v) is 11.8. The Bertz CT molecular complexity index is 295. The lowest BCUT2D eigenvalue weighted by molar-refractivity contribution is -0.153. The van der Waals surface area contributed by atoms with Gasteiger partial charge in [0.05, 0.1) is 5.41 Å². The van der Waals surface area contributed by atoms with Gasteiger partial charge in [0.15, 0.2) is 0 Å². The van der Waals surface area contributed by atoms with Gasteiger partial charge in [0, 0.05) is 6.04 Å². The fourth-order valence-corrected chi connectivity index (χ4v) is 3.88. The predicted molar refractivity (Wildman–Crippen MR) is 72.6 cm³/mol. The molecule has 3 nitrogen and oxygen atoms in total. The molecule has 0 amide bonds. The number of nitrogens with zero attached hydrogens (tertiary/aromatic N) is 1. The van der Waals surface area contributed by atoms with Crippen LogP contribution in [0.5, 0.6) is 0 Å². The fraction of sp³-hybridized carbons (Fsp3) is 0.933. The van der Waals surface area contributed by atoms with E-state index < -0.39 is 11.4 Å². The van der Waals surface area contributed by atoms with Crippen LogP contribution < -0.4 is 0 Å². The first-order chi connectivity index (χ1) is 8.57. The first-order valence-corrected chi connectivity index (χ1v) is 7.55. The molecule has 0 aromatic rings. The Morgan fingerprint density at radius 3 is 2.44 bits per heavy atom. The summed E-state index contributed by atoms with van der Waals surface area (Å²) in [6, 6.07) is 0.730. The van der Waals surface area contributed by atoms with E-state index in [2.05, 4.69) is 18.7 Å². The van der Waals surface area contributed by atoms with Crippen LogP contribution in [0.15, 0.2) is 0 Å². The highest BCUT2D eigenvalue weighted by atomic mass is 16.4. The Kier molecular flexibility index (Phi) is 4.31. The van der Waals surface area contributed by atoms with Gasteiger partial charge in [0.2, 0.25) is 0 Å². The molecule has 104 valence electrons. The van der Waals surface area contributed by atoms with Crippen LogP contribution in [0.4, 0.5) is 0 Å². The molecule has 2 fully saturated rings. The van der Waals surface area contributed by atoms with Gasteiger partial charge in [-0.3, -0.25) is 4.79 Å². The van der Waals surface area contributed by atoms with Gasteiger partial charge in [0.25, 0.3) is 0 Å². The van der Waals surface area contributed by atoms with Crippen LogP contribution in [0.1, 0.15) is 58.8 Å². The second-order valence-corrected chi connectivity index (χ2v) is 6.44. The van der Waals surface area contributed by atoms with Crippen molar-refractivity contribution in [2.75, 3.05) is 13.1 Å². The summed E-state index contributed by atoms with van der Waals surface area (Å²) in [6.07, 6.45) is 7.50. The molecule has 2 rings (SSSR count). The van der Waals surface area contributed by atoms with Crippen LogP contribution in [0, 0.1) is 11.3 Å². The third kappa shape index (κ3) is 2.71. The quantitative estimate of drug-likeness (QED) is 0.836. The van der Waals surface area contributed by atoms with E-state index in [0.717, 1.165) is 50.7 Å². The van der Waals surface area contributed by atoms with Crippen LogP contribution in [0.2, 0.25) is 0 Å². The van der Waals surface area contributed by atoms with Gasteiger partial charge >= 0.3 is 5.97 Å². The van der Waals surface area contributed by atoms with Crippen LogP contribution in [-0.4, -0.2) is 35.1 Å². The van der Waals surface area contributed by atoms with Crippen molar-refractivity contribution in [3.05, 3.63) is 0 Å². The van der Waals surface area contributed by atoms with Crippen molar-refractivity contribution >= 4 is 5.97 Å². The van der Waals surface area contributed by atoms with E-state index in [-0.39, 0.29) is 0 Å². The number of rotatable bonds is 4. The lowest BCUT2D eigenvalue weighted by Crippen LogP contribution is -2.47. The summed E-state index contributed by atoms with van der Waals surface area (Å²) in [6.45, 7) is 6.41. The van der Waals surface area contributed by atoms with E-state index >= 15 is 0 Å². The highest BCUT2D eigenvalue weighted by molar-refractivity contribution is 5.74. The van der Waals surface area contributed by atoms with Gasteiger partial charge in [-0.05, 0) is 57.5 Å². The fourth-order valence-electron chi connectivity index (χ4n) is 3.88. The molecule has 0 radical (unpaired) electrons. The largest absolute Gasteiger partial charge is 0.481 e. The molecule has 0 spiro atoms. The van der Waals surface area contributed by atoms with Gasteiger partial charge in [0.1, 0.15) is 0 Å². The zero-order chi connectivity index (χ0) is 13.2. The molecule has 0 bridgehead atoms. The van der Waals surface area contributed by atoms with E-state index in [1.54, 1.807) is 0 Å². The number of hydrogen-bond acceptors (Lipinski definition) is 2. The van der Waals surface area contributed by atoms with Crippen molar-refractivity contribution in [2.24, 2.45) is 11.3 Å². The maximum atomic E-state index is 11.5. The maximum Gasteiger partial charge on any atom is 0.309 e. The minimum Gasteiger partial charge on any atom is -0.481 e. The molecule has 2 aliphatic rings. The molecule has 1 aliphatic heterocycles. The summed E-state index contributed by atoms with van der Waals surface area (Å²) in [5, 5.41) is 9.50. The third-order valence-corrected chi connectivity index (χ3v) is 5.12. The first-order valence-electron chi connectivity index (χ1n) is 7.55. The molecule has 0 aromatic carbocycles. The lowest BCUT2D eigenvalue weighted by Gasteiger charge is -2.41. The van der Waals surface area contributed by atoms with Crippen molar-refractivity contribution in [3.8, 4) is 0 Å². The molecule has 1 saturated carbocycles. The summed E-state index contributed by atoms with van der Waals surface area (Å²) < 4.78 is 0. The molecular weight excluding hydrogens is 226 g/mol. The van der Waals surface area contributed by atoms with Gasteiger partial charge < -0.3 is 10.0 Å². The Labute approximate surface area is 111 Å². The SMILES string of the molecule is CCCC1(C(=O)O)CCN(C2CCC(C)C2)CC1. The monoisotopic (exact) mass is 253 g/mol. The molecular formula is C15H27NO2. The second-order valence-electron chi connectivity index (χ2n) is 6.44. The standard InChI is InChI=1S/C15H27NO2/c1-3-6-15(14(17)18)7-9-16(10-8-15)13-5-4-12(2)11-13/h12-13H,3-11H2,1-2H3,(H,17,18). The highest BCUT2D eigenvalue weighted by Gasteiger charge is 2.42. The molecule has 18 heavy (non-hydrogen) atoms. The summed E-state index contributed by atoms with van der Waals surface area (Å²) >= 11 is 0. The van der Waals surface area contributed by atoms with E-state index in [4.69, 9.17) is 0 Å². The molecule has 1 aliphatic carbocycles. The van der Waals surface area contributed by atoms with Gasteiger partial charge in [-0.2, -0.15) is 0 Å². The molecule has 1 heterocycles. The molecule has 3 heteroatoms. The Morgan fingerprint density at radius 2 is 2.00 bits per heavy atom. The first kappa shape index (κ1) is 13.9. The Balaban J connectivity index is 1.92. The van der Waals surface area contributed by atoms with Gasteiger partial charge in [-0.1, -0.05) is 20.3 Å². The smallest absolute Gasteiger partial charge is 0.309 e. The minimum atomic E-state index is -0.566. The van der Waals surface area contributed by atoms with Crippen LogP contribution in [0.25, 0.3) is 0 Å². The van der Waals surface area contributed by atoms with Crippen molar-refractivity contribution in [1.82, 2.24) is 4.90 Å². The van der Waals surface area contributed by atoms with Crippen LogP contribution >= 0.6 is 0 Å². The van der Waals surface area contributed by atoms with Crippen LogP contribution in [0.3, 0.4) is 0 Å². The van der Waals surface area contributed by atoms with E-state index in [0.29, 0.717) is 0 Å². The van der Waals surface area contributed by atoms with E-state index in [9.17, 15) is 9.90 Å². The normalized spacial score (nSPS) is 32.6. The minimum absolute atomic E-state index is 0.421. The summed E-state index contributed by atoms with van der Waals surface area (Å²) in [5.41, 5.74) is -0.421. The Morgan fingerprint density at radius 1 is 1.33 bits per heavy atom. The lowest BCUT2D eigenvalue weighted by atomic mass is 9.74. The predicted octanol–water partition coefficient (Wildman–Crippen LogP) is 3.14. The highest BCUT2D eigenvalue weighted by Crippen LogP contribution is 2.39. The number of carbonyl (C=O) groups is 1. The summed E-state index contributed by atoms with van der Waals surface area (Å²) in [7, 11) is 0. The average molecular weight is 253 g/mol. The molecule has 1 N–H and O–H groups in total. The van der Waals surface area contributed by atoms with Gasteiger partial charge in [-0.25, -0.2) is 0 Å². The van der Waals surface area contributed by atoms with Crippen LogP contribution in [-0.2, 0) is 4.79 Å². The Hall–Kier alpha value is -0.570. The number of carboxylic acids is 1. The van der Waals surface area contributed by atoms with Crippen molar-refractivity contribution < 1.29 is 9.90 Å². The molecule has 1 saturated heterocycles. The molecule has 2 atom stereocenters. The number of carboxylic acid groups (broad SMARTS) is 1. The molecule has 0 aromatic heterocycles. The van der Waals surface area contributed by atoms with Crippen molar-refractivity contribution in [2.45, 2.75) is 64.8 Å². The number of hydrogen-bond donors (Lipinski definition) is 1. The third-order valence-electron chi connectivity index (χ3n) is 5.12. The van der Waals surface area contributed by atoms with Crippen molar-refractivity contribution in [3.63, 3.8) is 0 Å². The van der Waals surface area contributed by atoms with E-state index in [1.807, 2.05) is 0 Å². The summed E-state index contributed by atoms with van der Waals surface area (Å²) in [4.78, 5) is 14.1. The average Bonchev–Trinajstić information content (AvgIpc) is 2.77. The zero-order valence-electron chi connectivity index (χ0n) is 11.8. The van der Waals surface area contributed by atoms with Crippen molar-refractivity contribution in [1.29, 1.82) is 0 Å². The van der Waals surface area contributed by atoms with Gasteiger partial charge in [-0.15, -0.1) is 0 Å². The molecule has 2 unspecified atom stereocenters. The maximum absolute atomic E-state index is 11.5. The van der Waals surface area contributed by atoms with E-state index in [1.165, 1.54) is 19.3 Å². The summed E-state index contributed by atoms with van der Waals surface area (Å²) in [5.74, 6) is 0.292. The second kappa shape index (κ2) is 5.60. The number of likely N-dealkylation sites (tertiary alicyclic amines) is 1.